The van der Waals surface area contributed by atoms with E-state index in [-0.39, 0.29) is 13.2 Å². The summed E-state index contributed by atoms with van der Waals surface area (Å²) >= 11 is 0. The molecule has 2 aromatic carbocycles. The molecule has 2 aromatic rings. The van der Waals surface area contributed by atoms with Crippen molar-refractivity contribution >= 4 is 17.7 Å². The Balaban J connectivity index is 1.65. The standard InChI is InChI=1S/C32H36O10/c1-5-9-26-29(37-18-22-10-7-6-8-11-22)30(38-19-23-12-14-24(36-4)15-13-23)32(41-26)31(40-21(3)34)28-25(35)16-17-27(42-28)39-20(2)33/h5-8,10-17,26-32H,1,9,18-19H2,2-4H3/t26-,27?,28+,29+,30-,31-,32-/m1/s1. The lowest BCUT2D eigenvalue weighted by molar-refractivity contribution is -0.211. The van der Waals surface area contributed by atoms with Crippen LogP contribution in [-0.2, 0) is 56.0 Å². The summed E-state index contributed by atoms with van der Waals surface area (Å²) in [6.45, 7) is 6.75. The van der Waals surface area contributed by atoms with Gasteiger partial charge in [-0.15, -0.1) is 0 Å². The lowest BCUT2D eigenvalue weighted by atomic mass is 9.95. The summed E-state index contributed by atoms with van der Waals surface area (Å²) in [5.41, 5.74) is 1.80. The first-order valence-electron chi connectivity index (χ1n) is 13.7. The Labute approximate surface area is 245 Å². The van der Waals surface area contributed by atoms with E-state index < -0.39 is 60.6 Å². The van der Waals surface area contributed by atoms with E-state index in [0.29, 0.717) is 12.2 Å². The van der Waals surface area contributed by atoms with Crippen molar-refractivity contribution in [1.82, 2.24) is 0 Å². The van der Waals surface area contributed by atoms with Crippen molar-refractivity contribution in [2.45, 2.75) is 76.4 Å². The molecule has 10 nitrogen and oxygen atoms in total. The number of hydrogen-bond donors (Lipinski definition) is 0. The molecule has 7 atom stereocenters. The van der Waals surface area contributed by atoms with Gasteiger partial charge >= 0.3 is 11.9 Å². The summed E-state index contributed by atoms with van der Waals surface area (Å²) in [5.74, 6) is -1.02. The number of hydrogen-bond acceptors (Lipinski definition) is 10. The molecule has 10 heteroatoms. The van der Waals surface area contributed by atoms with Gasteiger partial charge in [-0.25, -0.2) is 0 Å². The van der Waals surface area contributed by atoms with Gasteiger partial charge in [0.1, 0.15) is 24.1 Å². The maximum absolute atomic E-state index is 13.1. The average molecular weight is 581 g/mol. The van der Waals surface area contributed by atoms with Crippen LogP contribution in [0.3, 0.4) is 0 Å². The highest BCUT2D eigenvalue weighted by atomic mass is 16.7. The van der Waals surface area contributed by atoms with Gasteiger partial charge in [-0.05, 0) is 55.2 Å². The number of carbonyl (C=O) groups is 3. The molecule has 1 saturated heterocycles. The van der Waals surface area contributed by atoms with Gasteiger partial charge in [-0.1, -0.05) is 42.5 Å². The fraction of sp³-hybridized carbons (Fsp3) is 0.406. The quantitative estimate of drug-likeness (QED) is 0.325. The monoisotopic (exact) mass is 580 g/mol. The molecule has 1 unspecified atom stereocenters. The Morgan fingerprint density at radius 3 is 2.21 bits per heavy atom. The lowest BCUT2D eigenvalue weighted by Crippen LogP contribution is -2.53. The number of ether oxygens (including phenoxy) is 7. The molecular formula is C32H36O10. The zero-order chi connectivity index (χ0) is 30.1. The van der Waals surface area contributed by atoms with E-state index in [1.165, 1.54) is 26.0 Å². The topological polar surface area (TPSA) is 116 Å². The van der Waals surface area contributed by atoms with Gasteiger partial charge in [0.05, 0.1) is 26.4 Å². The Kier molecular flexibility index (Phi) is 11.2. The number of benzene rings is 2. The van der Waals surface area contributed by atoms with Gasteiger partial charge in [0.2, 0.25) is 6.29 Å². The molecule has 0 aromatic heterocycles. The van der Waals surface area contributed by atoms with Gasteiger partial charge in [0, 0.05) is 13.8 Å². The molecule has 4 rings (SSSR count). The van der Waals surface area contributed by atoms with Gasteiger partial charge in [0.15, 0.2) is 18.0 Å². The first kappa shape index (κ1) is 31.4. The third-order valence-corrected chi connectivity index (χ3v) is 6.82. The van der Waals surface area contributed by atoms with Crippen molar-refractivity contribution in [3.05, 3.63) is 91.2 Å². The molecule has 42 heavy (non-hydrogen) atoms. The summed E-state index contributed by atoms with van der Waals surface area (Å²) < 4.78 is 41.2. The maximum Gasteiger partial charge on any atom is 0.305 e. The molecule has 0 bridgehead atoms. The van der Waals surface area contributed by atoms with E-state index in [1.54, 1.807) is 13.5 Å². The summed E-state index contributed by atoms with van der Waals surface area (Å²) in [6.07, 6.45) is -1.95. The smallest absolute Gasteiger partial charge is 0.305 e. The summed E-state index contributed by atoms with van der Waals surface area (Å²) in [7, 11) is 1.59. The molecular weight excluding hydrogens is 544 g/mol. The minimum atomic E-state index is -1.32. The van der Waals surface area contributed by atoms with Crippen LogP contribution in [-0.4, -0.2) is 67.7 Å². The maximum atomic E-state index is 13.1. The summed E-state index contributed by atoms with van der Waals surface area (Å²) in [4.78, 5) is 36.9. The summed E-state index contributed by atoms with van der Waals surface area (Å²) in [6, 6.07) is 17.0. The van der Waals surface area contributed by atoms with Crippen molar-refractivity contribution in [2.24, 2.45) is 0 Å². The van der Waals surface area contributed by atoms with Crippen molar-refractivity contribution in [2.75, 3.05) is 7.11 Å². The van der Waals surface area contributed by atoms with Crippen LogP contribution >= 0.6 is 0 Å². The van der Waals surface area contributed by atoms with Gasteiger partial charge in [0.25, 0.3) is 0 Å². The Bertz CT molecular complexity index is 1210. The molecule has 0 N–H and O–H groups in total. The Morgan fingerprint density at radius 2 is 1.60 bits per heavy atom. The van der Waals surface area contributed by atoms with Crippen molar-refractivity contribution in [3.63, 3.8) is 0 Å². The number of rotatable bonds is 13. The number of ketones is 1. The van der Waals surface area contributed by atoms with Gasteiger partial charge in [-0.3, -0.25) is 14.4 Å². The van der Waals surface area contributed by atoms with E-state index in [4.69, 9.17) is 33.2 Å². The van der Waals surface area contributed by atoms with Crippen LogP contribution in [0, 0.1) is 13.3 Å². The largest absolute Gasteiger partial charge is 0.497 e. The van der Waals surface area contributed by atoms with E-state index in [9.17, 15) is 14.4 Å². The molecule has 2 radical (unpaired) electrons. The third kappa shape index (κ3) is 8.25. The number of methoxy groups -OCH3 is 1. The second-order valence-electron chi connectivity index (χ2n) is 9.92. The van der Waals surface area contributed by atoms with Crippen molar-refractivity contribution < 1.29 is 47.5 Å². The highest BCUT2D eigenvalue weighted by molar-refractivity contribution is 5.95. The number of esters is 2. The molecule has 0 amide bonds. The van der Waals surface area contributed by atoms with Gasteiger partial charge < -0.3 is 33.2 Å². The minimum Gasteiger partial charge on any atom is -0.497 e. The second kappa shape index (κ2) is 15.1. The first-order chi connectivity index (χ1) is 20.3. The van der Waals surface area contributed by atoms with E-state index in [2.05, 4.69) is 6.92 Å². The molecule has 2 heterocycles. The van der Waals surface area contributed by atoms with Crippen molar-refractivity contribution in [1.29, 1.82) is 0 Å². The van der Waals surface area contributed by atoms with E-state index >= 15 is 0 Å². The fourth-order valence-electron chi connectivity index (χ4n) is 4.93. The SMILES string of the molecule is [CH2][CH]C[C@H]1O[C@@H]([C@H](OC(C)=O)[C@H]2OC(OC(C)=O)C=CC2=O)[C@H](OCc2ccc(OC)cc2)[C@H]1OCc1ccccc1. The Morgan fingerprint density at radius 1 is 0.929 bits per heavy atom. The first-order valence-corrected chi connectivity index (χ1v) is 13.7. The zero-order valence-corrected chi connectivity index (χ0v) is 23.9. The predicted molar refractivity (Wildman–Crippen MR) is 150 cm³/mol. The van der Waals surface area contributed by atoms with E-state index in [1.807, 2.05) is 54.6 Å². The number of carbonyl (C=O) groups excluding carboxylic acids is 3. The second-order valence-corrected chi connectivity index (χ2v) is 9.92. The van der Waals surface area contributed by atoms with E-state index in [0.717, 1.165) is 11.1 Å². The highest BCUT2D eigenvalue weighted by Gasteiger charge is 2.54. The molecule has 1 fully saturated rings. The van der Waals surface area contributed by atoms with Gasteiger partial charge in [-0.2, -0.15) is 0 Å². The molecule has 0 spiro atoms. The lowest BCUT2D eigenvalue weighted by Gasteiger charge is -2.35. The third-order valence-electron chi connectivity index (χ3n) is 6.82. The average Bonchev–Trinajstić information content (AvgIpc) is 3.32. The molecule has 0 saturated carbocycles. The fourth-order valence-corrected chi connectivity index (χ4v) is 4.93. The molecule has 224 valence electrons. The van der Waals surface area contributed by atoms with Crippen LogP contribution in [0.25, 0.3) is 0 Å². The molecule has 2 aliphatic rings. The van der Waals surface area contributed by atoms with Crippen LogP contribution < -0.4 is 4.74 Å². The Hall–Kier alpha value is -3.57. The van der Waals surface area contributed by atoms with Crippen LogP contribution in [0.2, 0.25) is 0 Å². The minimum absolute atomic E-state index is 0.169. The molecule has 2 aliphatic heterocycles. The molecule has 0 aliphatic carbocycles. The van der Waals surface area contributed by atoms with Crippen LogP contribution in [0.1, 0.15) is 31.4 Å². The van der Waals surface area contributed by atoms with Crippen LogP contribution in [0.4, 0.5) is 0 Å². The predicted octanol–water partition coefficient (Wildman–Crippen LogP) is 3.71. The summed E-state index contributed by atoms with van der Waals surface area (Å²) in [5, 5.41) is 0. The zero-order valence-electron chi connectivity index (χ0n) is 23.9. The normalized spacial score (nSPS) is 26.0. The highest BCUT2D eigenvalue weighted by Crippen LogP contribution is 2.36. The van der Waals surface area contributed by atoms with Crippen LogP contribution in [0.5, 0.6) is 5.75 Å². The van der Waals surface area contributed by atoms with Crippen LogP contribution in [0.15, 0.2) is 66.7 Å². The van der Waals surface area contributed by atoms with Crippen molar-refractivity contribution in [3.8, 4) is 5.75 Å².